The molecule has 0 amide bonds. The predicted molar refractivity (Wildman–Crippen MR) is 63.9 cm³/mol. The van der Waals surface area contributed by atoms with Crippen LogP contribution in [-0.4, -0.2) is 16.1 Å². The monoisotopic (exact) mass is 235 g/mol. The first-order chi connectivity index (χ1) is 7.29. The molecule has 0 aliphatic rings. The van der Waals surface area contributed by atoms with Crippen molar-refractivity contribution in [3.05, 3.63) is 54.2 Å². The van der Waals surface area contributed by atoms with Crippen LogP contribution in [0.4, 0.5) is 0 Å². The molecule has 0 spiro atoms. The maximum absolute atomic E-state index is 11.0. The summed E-state index contributed by atoms with van der Waals surface area (Å²) in [6, 6.07) is 12.3. The van der Waals surface area contributed by atoms with Gasteiger partial charge >= 0.3 is 5.97 Å². The first-order valence-corrected chi connectivity index (χ1v) is 4.53. The minimum atomic E-state index is -0.934. The van der Waals surface area contributed by atoms with Gasteiger partial charge in [0.1, 0.15) is 0 Å². The van der Waals surface area contributed by atoms with Crippen LogP contribution in [0.25, 0.3) is 11.3 Å². The van der Waals surface area contributed by atoms with Gasteiger partial charge in [-0.15, -0.1) is 12.4 Å². The number of carboxylic acid groups (broad SMARTS) is 1. The van der Waals surface area contributed by atoms with Crippen LogP contribution in [0.2, 0.25) is 0 Å². The van der Waals surface area contributed by atoms with Crippen molar-refractivity contribution in [3.8, 4) is 11.3 Å². The van der Waals surface area contributed by atoms with Crippen molar-refractivity contribution in [2.75, 3.05) is 0 Å². The fourth-order valence-electron chi connectivity index (χ4n) is 1.42. The van der Waals surface area contributed by atoms with E-state index < -0.39 is 5.97 Å². The Labute approximate surface area is 99.2 Å². The molecule has 1 N–H and O–H groups in total. The molecule has 1 aromatic heterocycles. The second-order valence-corrected chi connectivity index (χ2v) is 3.07. The molecule has 82 valence electrons. The highest BCUT2D eigenvalue weighted by Gasteiger charge is 2.10. The van der Waals surface area contributed by atoms with Gasteiger partial charge in [-0.1, -0.05) is 24.3 Å². The van der Waals surface area contributed by atoms with Gasteiger partial charge in [-0.2, -0.15) is 0 Å². The third kappa shape index (κ3) is 2.38. The van der Waals surface area contributed by atoms with E-state index in [2.05, 4.69) is 4.98 Å². The largest absolute Gasteiger partial charge is 0.478 e. The topological polar surface area (TPSA) is 50.2 Å². The van der Waals surface area contributed by atoms with Crippen LogP contribution >= 0.6 is 12.4 Å². The summed E-state index contributed by atoms with van der Waals surface area (Å²) >= 11 is 0. The highest BCUT2D eigenvalue weighted by molar-refractivity contribution is 5.95. The lowest BCUT2D eigenvalue weighted by Gasteiger charge is -2.03. The Kier molecular flexibility index (Phi) is 4.03. The molecular formula is C12H10ClNO2. The number of rotatable bonds is 2. The lowest BCUT2D eigenvalue weighted by atomic mass is 10.0. The fraction of sp³-hybridized carbons (Fsp3) is 0. The fourth-order valence-corrected chi connectivity index (χ4v) is 1.42. The molecule has 0 atom stereocenters. The number of benzene rings is 1. The molecule has 0 fully saturated rings. The van der Waals surface area contributed by atoms with E-state index in [1.165, 1.54) is 0 Å². The average molecular weight is 236 g/mol. The molecule has 4 heteroatoms. The molecule has 0 radical (unpaired) electrons. The molecule has 1 aromatic carbocycles. The zero-order valence-electron chi connectivity index (χ0n) is 8.33. The van der Waals surface area contributed by atoms with Gasteiger partial charge in [0.15, 0.2) is 0 Å². The number of nitrogens with zero attached hydrogens (tertiary/aromatic N) is 1. The highest BCUT2D eigenvalue weighted by atomic mass is 35.5. The molecule has 0 aliphatic heterocycles. The third-order valence-electron chi connectivity index (χ3n) is 2.10. The lowest BCUT2D eigenvalue weighted by molar-refractivity contribution is 0.0697. The molecule has 2 rings (SSSR count). The van der Waals surface area contributed by atoms with Crippen molar-refractivity contribution in [2.24, 2.45) is 0 Å². The van der Waals surface area contributed by atoms with Crippen molar-refractivity contribution in [3.63, 3.8) is 0 Å². The number of hydrogen-bond donors (Lipinski definition) is 1. The standard InChI is InChI=1S/C12H9NO2.ClH/c14-12(15)10-6-2-1-5-9(10)11-7-3-4-8-13-11;/h1-8H,(H,14,15);1H. The van der Waals surface area contributed by atoms with Gasteiger partial charge in [0, 0.05) is 11.8 Å². The summed E-state index contributed by atoms with van der Waals surface area (Å²) in [5.74, 6) is -0.934. The van der Waals surface area contributed by atoms with Crippen LogP contribution in [0, 0.1) is 0 Å². The molecule has 3 nitrogen and oxygen atoms in total. The smallest absolute Gasteiger partial charge is 0.336 e. The van der Waals surface area contributed by atoms with Crippen molar-refractivity contribution >= 4 is 18.4 Å². The van der Waals surface area contributed by atoms with Gasteiger partial charge in [-0.3, -0.25) is 4.98 Å². The number of hydrogen-bond acceptors (Lipinski definition) is 2. The highest BCUT2D eigenvalue weighted by Crippen LogP contribution is 2.20. The van der Waals surface area contributed by atoms with Crippen molar-refractivity contribution in [1.29, 1.82) is 0 Å². The maximum Gasteiger partial charge on any atom is 0.336 e. The number of aromatic nitrogens is 1. The molecule has 0 aliphatic carbocycles. The average Bonchev–Trinajstić information content (AvgIpc) is 2.30. The molecule has 0 saturated heterocycles. The van der Waals surface area contributed by atoms with E-state index in [0.717, 1.165) is 0 Å². The second kappa shape index (κ2) is 5.28. The van der Waals surface area contributed by atoms with Crippen molar-refractivity contribution in [1.82, 2.24) is 4.98 Å². The lowest BCUT2D eigenvalue weighted by Crippen LogP contribution is -1.99. The van der Waals surface area contributed by atoms with Gasteiger partial charge in [-0.25, -0.2) is 4.79 Å². The number of halogens is 1. The minimum Gasteiger partial charge on any atom is -0.478 e. The van der Waals surface area contributed by atoms with Crippen LogP contribution in [0.1, 0.15) is 10.4 Å². The molecule has 0 unspecified atom stereocenters. The van der Waals surface area contributed by atoms with Gasteiger partial charge in [-0.05, 0) is 18.2 Å². The molecule has 2 aromatic rings. The Bertz CT molecular complexity index is 485. The molecule has 0 saturated carbocycles. The first-order valence-electron chi connectivity index (χ1n) is 4.53. The van der Waals surface area contributed by atoms with E-state index in [4.69, 9.17) is 5.11 Å². The van der Waals surface area contributed by atoms with Crippen LogP contribution in [0.3, 0.4) is 0 Å². The Balaban J connectivity index is 0.00000128. The SMILES string of the molecule is Cl.O=C(O)c1ccccc1-c1ccccn1. The summed E-state index contributed by atoms with van der Waals surface area (Å²) in [4.78, 5) is 15.1. The van der Waals surface area contributed by atoms with E-state index in [1.807, 2.05) is 6.07 Å². The first kappa shape index (κ1) is 12.2. The van der Waals surface area contributed by atoms with Gasteiger partial charge in [0.2, 0.25) is 0 Å². The van der Waals surface area contributed by atoms with E-state index in [9.17, 15) is 4.79 Å². The van der Waals surface area contributed by atoms with E-state index in [-0.39, 0.29) is 18.0 Å². The minimum absolute atomic E-state index is 0. The molecular weight excluding hydrogens is 226 g/mol. The Morgan fingerprint density at radius 3 is 2.38 bits per heavy atom. The van der Waals surface area contributed by atoms with Gasteiger partial charge in [0.05, 0.1) is 11.3 Å². The maximum atomic E-state index is 11.0. The summed E-state index contributed by atoms with van der Waals surface area (Å²) in [5, 5.41) is 9.00. The molecule has 0 bridgehead atoms. The normalized spacial score (nSPS) is 9.25. The van der Waals surface area contributed by atoms with Crippen LogP contribution in [0.5, 0.6) is 0 Å². The third-order valence-corrected chi connectivity index (χ3v) is 2.10. The van der Waals surface area contributed by atoms with Crippen LogP contribution in [0.15, 0.2) is 48.7 Å². The number of carbonyl (C=O) groups is 1. The number of aromatic carboxylic acids is 1. The quantitative estimate of drug-likeness (QED) is 0.871. The summed E-state index contributed by atoms with van der Waals surface area (Å²) in [5.41, 5.74) is 1.59. The Morgan fingerprint density at radius 2 is 1.75 bits per heavy atom. The van der Waals surface area contributed by atoms with Crippen molar-refractivity contribution < 1.29 is 9.90 Å². The number of carboxylic acids is 1. The van der Waals surface area contributed by atoms with E-state index in [1.54, 1.807) is 42.6 Å². The zero-order chi connectivity index (χ0) is 10.7. The zero-order valence-corrected chi connectivity index (χ0v) is 9.15. The van der Waals surface area contributed by atoms with Crippen LogP contribution < -0.4 is 0 Å². The summed E-state index contributed by atoms with van der Waals surface area (Å²) in [7, 11) is 0. The summed E-state index contributed by atoms with van der Waals surface area (Å²) in [6.07, 6.45) is 1.65. The van der Waals surface area contributed by atoms with E-state index >= 15 is 0 Å². The number of pyridine rings is 1. The van der Waals surface area contributed by atoms with Crippen LogP contribution in [-0.2, 0) is 0 Å². The molecule has 16 heavy (non-hydrogen) atoms. The predicted octanol–water partition coefficient (Wildman–Crippen LogP) is 2.87. The van der Waals surface area contributed by atoms with Gasteiger partial charge < -0.3 is 5.11 Å². The second-order valence-electron chi connectivity index (χ2n) is 3.07. The Hall–Kier alpha value is -1.87. The summed E-state index contributed by atoms with van der Waals surface area (Å²) < 4.78 is 0. The molecule has 1 heterocycles. The van der Waals surface area contributed by atoms with Crippen molar-refractivity contribution in [2.45, 2.75) is 0 Å². The Morgan fingerprint density at radius 1 is 1.06 bits per heavy atom. The van der Waals surface area contributed by atoms with E-state index in [0.29, 0.717) is 11.3 Å². The van der Waals surface area contributed by atoms with Gasteiger partial charge in [0.25, 0.3) is 0 Å². The summed E-state index contributed by atoms with van der Waals surface area (Å²) in [6.45, 7) is 0.